The van der Waals surface area contributed by atoms with E-state index in [-0.39, 0.29) is 29.8 Å². The molecule has 1 aromatic heterocycles. The van der Waals surface area contributed by atoms with E-state index in [0.29, 0.717) is 12.5 Å². The third-order valence-corrected chi connectivity index (χ3v) is 8.23. The number of nitrogens with zero attached hydrogens (tertiary/aromatic N) is 3. The molecule has 128 valence electrons. The van der Waals surface area contributed by atoms with Gasteiger partial charge in [-0.15, -0.1) is 0 Å². The zero-order chi connectivity index (χ0) is 16.4. The lowest BCUT2D eigenvalue weighted by atomic mass is 10.2. The van der Waals surface area contributed by atoms with Gasteiger partial charge in [0.05, 0.1) is 17.9 Å². The Balaban J connectivity index is 1.51. The smallest absolute Gasteiger partial charge is 0.372 e. The summed E-state index contributed by atoms with van der Waals surface area (Å²) in [6.07, 6.45) is 1.09. The summed E-state index contributed by atoms with van der Waals surface area (Å²) in [4.78, 5) is 12.1. The van der Waals surface area contributed by atoms with Crippen LogP contribution in [-0.2, 0) is 13.3 Å². The Labute approximate surface area is 137 Å². The highest BCUT2D eigenvalue weighted by Crippen LogP contribution is 2.39. The predicted molar refractivity (Wildman–Crippen MR) is 89.3 cm³/mol. The first-order valence-electron chi connectivity index (χ1n) is 7.52. The van der Waals surface area contributed by atoms with Crippen LogP contribution in [0.2, 0.25) is 6.04 Å². The molecule has 0 aliphatic carbocycles. The lowest BCUT2D eigenvalue weighted by Crippen LogP contribution is -2.45. The fourth-order valence-corrected chi connectivity index (χ4v) is 8.19. The zero-order valence-electron chi connectivity index (χ0n) is 13.1. The van der Waals surface area contributed by atoms with Crippen LogP contribution in [0.1, 0.15) is 13.3 Å². The van der Waals surface area contributed by atoms with Crippen molar-refractivity contribution in [3.8, 4) is 0 Å². The van der Waals surface area contributed by atoms with E-state index in [1.165, 1.54) is 0 Å². The minimum Gasteiger partial charge on any atom is -0.372 e. The van der Waals surface area contributed by atoms with Crippen LogP contribution < -0.4 is 27.9 Å². The molecule has 2 saturated heterocycles. The minimum absolute atomic E-state index is 0.126. The maximum atomic E-state index is 6.02. The second-order valence-electron chi connectivity index (χ2n) is 5.54. The van der Waals surface area contributed by atoms with Gasteiger partial charge in [0.1, 0.15) is 0 Å². The van der Waals surface area contributed by atoms with Crippen LogP contribution in [0.15, 0.2) is 0 Å². The summed E-state index contributed by atoms with van der Waals surface area (Å²) >= 11 is 0. The van der Waals surface area contributed by atoms with Gasteiger partial charge in [0.25, 0.3) is 0 Å². The summed E-state index contributed by atoms with van der Waals surface area (Å²) in [5, 5.41) is 3.11. The van der Waals surface area contributed by atoms with Crippen molar-refractivity contribution in [2.24, 2.45) is 11.7 Å². The molecule has 3 heterocycles. The summed E-state index contributed by atoms with van der Waals surface area (Å²) in [6, 6.07) is 0.772. The monoisotopic (exact) mass is 358 g/mol. The predicted octanol–water partition coefficient (Wildman–Crippen LogP) is -2.29. The molecular weight excluding hydrogens is 336 g/mol. The van der Waals surface area contributed by atoms with Gasteiger partial charge in [-0.1, -0.05) is 0 Å². The van der Waals surface area contributed by atoms with Crippen LogP contribution in [0.5, 0.6) is 0 Å². The Bertz CT molecular complexity index is 533. The van der Waals surface area contributed by atoms with Gasteiger partial charge in [0, 0.05) is 22.8 Å². The van der Waals surface area contributed by atoms with Crippen molar-refractivity contribution in [1.29, 1.82) is 0 Å². The van der Waals surface area contributed by atoms with Crippen molar-refractivity contribution in [3.05, 3.63) is 0 Å². The highest BCUT2D eigenvalue weighted by atomic mass is 28.4. The van der Waals surface area contributed by atoms with E-state index in [9.17, 15) is 0 Å². The van der Waals surface area contributed by atoms with Crippen LogP contribution in [0.3, 0.4) is 0 Å². The van der Waals surface area contributed by atoms with E-state index < -0.39 is 8.80 Å². The average Bonchev–Trinajstić information content (AvgIpc) is 3.04. The second-order valence-corrected chi connectivity index (χ2v) is 9.25. The van der Waals surface area contributed by atoms with Gasteiger partial charge in [0.15, 0.2) is 0 Å². The average molecular weight is 359 g/mol. The van der Waals surface area contributed by atoms with E-state index in [1.54, 1.807) is 0 Å². The molecule has 13 heteroatoms. The maximum Gasteiger partial charge on any atom is 0.501 e. The van der Waals surface area contributed by atoms with Crippen LogP contribution in [0, 0.1) is 0 Å². The van der Waals surface area contributed by atoms with E-state index in [4.69, 9.17) is 25.0 Å². The Morgan fingerprint density at radius 2 is 1.74 bits per heavy atom. The summed E-state index contributed by atoms with van der Waals surface area (Å²) < 4.78 is 17.9. The molecule has 3 rings (SSSR count). The molecule has 11 nitrogen and oxygen atoms in total. The largest absolute Gasteiger partial charge is 0.501 e. The summed E-state index contributed by atoms with van der Waals surface area (Å²) in [5.74, 6) is 11.4. The lowest BCUT2D eigenvalue weighted by molar-refractivity contribution is 0.0688. The standard InChI is InChI=1S/C10H22N8O3Si2/c1-5-6-7(22)21-23(19-5,20-6)4-2-3-13-8-14-9(17-11)16-10(15-8)18-12/h5-7H,2-4,11-12H2,1,22H3,(H3,13,14,15,16,17,18). The third-order valence-electron chi connectivity index (χ3n) is 3.81. The fraction of sp³-hybridized carbons (Fsp3) is 0.700. The molecule has 2 aliphatic rings. The van der Waals surface area contributed by atoms with Crippen molar-refractivity contribution >= 4 is 36.9 Å². The minimum atomic E-state index is -2.46. The molecule has 4 atom stereocenters. The molecule has 0 amide bonds. The first-order chi connectivity index (χ1) is 11.0. The van der Waals surface area contributed by atoms with Gasteiger partial charge in [-0.05, 0) is 13.3 Å². The molecule has 2 fully saturated rings. The van der Waals surface area contributed by atoms with Crippen LogP contribution in [0.25, 0.3) is 0 Å². The number of nitrogen functional groups attached to an aromatic ring is 2. The van der Waals surface area contributed by atoms with E-state index >= 15 is 0 Å². The number of hydrogen-bond donors (Lipinski definition) is 5. The molecule has 0 aromatic carbocycles. The molecule has 1 aromatic rings. The number of anilines is 3. The molecule has 0 saturated carbocycles. The highest BCUT2D eigenvalue weighted by Gasteiger charge is 2.60. The summed E-state index contributed by atoms with van der Waals surface area (Å²) in [7, 11) is -1.49. The Morgan fingerprint density at radius 1 is 1.09 bits per heavy atom. The Hall–Kier alpha value is -1.36. The lowest BCUT2D eigenvalue weighted by Gasteiger charge is -2.26. The van der Waals surface area contributed by atoms with Crippen LogP contribution >= 0.6 is 0 Å². The number of aromatic nitrogens is 3. The Morgan fingerprint density at radius 3 is 2.30 bits per heavy atom. The highest BCUT2D eigenvalue weighted by molar-refractivity contribution is 6.62. The van der Waals surface area contributed by atoms with Gasteiger partial charge in [0.2, 0.25) is 17.8 Å². The van der Waals surface area contributed by atoms with Crippen molar-refractivity contribution in [1.82, 2.24) is 15.0 Å². The van der Waals surface area contributed by atoms with Gasteiger partial charge >= 0.3 is 8.80 Å². The van der Waals surface area contributed by atoms with Gasteiger partial charge in [-0.2, -0.15) is 15.0 Å². The second kappa shape index (κ2) is 6.64. The van der Waals surface area contributed by atoms with Crippen molar-refractivity contribution in [2.75, 3.05) is 22.7 Å². The molecule has 4 unspecified atom stereocenters. The first kappa shape index (κ1) is 16.5. The fourth-order valence-electron chi connectivity index (χ4n) is 2.83. The Kier molecular flexibility index (Phi) is 4.76. The van der Waals surface area contributed by atoms with E-state index in [2.05, 4.69) is 38.0 Å². The van der Waals surface area contributed by atoms with Gasteiger partial charge in [-0.25, -0.2) is 11.7 Å². The number of nitrogens with one attached hydrogen (secondary N) is 3. The number of hydrogen-bond acceptors (Lipinski definition) is 11. The third kappa shape index (κ3) is 3.44. The number of hydrazine groups is 2. The molecule has 2 aliphatic heterocycles. The van der Waals surface area contributed by atoms with Gasteiger partial charge in [-0.3, -0.25) is 10.9 Å². The maximum absolute atomic E-state index is 6.02. The van der Waals surface area contributed by atoms with Crippen molar-refractivity contribution < 1.29 is 13.3 Å². The molecule has 2 bridgehead atoms. The number of nitrogens with two attached hydrogens (primary N) is 2. The van der Waals surface area contributed by atoms with Crippen LogP contribution in [-0.4, -0.2) is 58.5 Å². The molecule has 7 N–H and O–H groups in total. The van der Waals surface area contributed by atoms with E-state index in [1.807, 2.05) is 0 Å². The van der Waals surface area contributed by atoms with Gasteiger partial charge < -0.3 is 18.6 Å². The first-order valence-corrected chi connectivity index (χ1v) is 10.6. The topological polar surface area (TPSA) is 154 Å². The molecule has 0 radical (unpaired) electrons. The molecule has 0 spiro atoms. The number of fused-ring (bicyclic) bond motifs is 2. The normalized spacial score (nSPS) is 32.2. The zero-order valence-corrected chi connectivity index (χ0v) is 16.1. The van der Waals surface area contributed by atoms with Crippen molar-refractivity contribution in [2.45, 2.75) is 37.3 Å². The molecular formula is C10H22N8O3Si2. The molecule has 23 heavy (non-hydrogen) atoms. The van der Waals surface area contributed by atoms with E-state index in [0.717, 1.165) is 22.7 Å². The summed E-state index contributed by atoms with van der Waals surface area (Å²) in [5.41, 5.74) is 4.97. The summed E-state index contributed by atoms with van der Waals surface area (Å²) in [6.45, 7) is 2.70. The number of rotatable bonds is 7. The SMILES string of the molecule is CC1O[Si]2(CCCNc3nc(NN)nc(NN)n3)OC([SiH3])C1O2. The van der Waals surface area contributed by atoms with Crippen LogP contribution in [0.4, 0.5) is 17.8 Å². The van der Waals surface area contributed by atoms with Crippen molar-refractivity contribution in [3.63, 3.8) is 0 Å². The quantitative estimate of drug-likeness (QED) is 0.155.